The van der Waals surface area contributed by atoms with Gasteiger partial charge in [0.05, 0.1) is 32.9 Å². The molecule has 0 bridgehead atoms. The Bertz CT molecular complexity index is 1740. The van der Waals surface area contributed by atoms with E-state index in [-0.39, 0.29) is 0 Å². The highest BCUT2D eigenvalue weighted by atomic mass is 32.1. The highest BCUT2D eigenvalue weighted by Crippen LogP contribution is 2.38. The van der Waals surface area contributed by atoms with Crippen molar-refractivity contribution in [2.45, 2.75) is 13.5 Å². The van der Waals surface area contributed by atoms with Gasteiger partial charge in [0.15, 0.2) is 5.76 Å². The molecule has 0 radical (unpaired) electrons. The summed E-state index contributed by atoms with van der Waals surface area (Å²) in [5, 5.41) is 5.71. The molecule has 0 spiro atoms. The van der Waals surface area contributed by atoms with Gasteiger partial charge in [0.2, 0.25) is 10.8 Å². The Morgan fingerprint density at radius 3 is 2.66 bits per heavy atom. The van der Waals surface area contributed by atoms with Crippen LogP contribution in [0.25, 0.3) is 38.5 Å². The van der Waals surface area contributed by atoms with Gasteiger partial charge in [0.25, 0.3) is 5.19 Å². The lowest BCUT2D eigenvalue weighted by atomic mass is 10.0. The van der Waals surface area contributed by atoms with E-state index in [4.69, 9.17) is 23.4 Å². The smallest absolute Gasteiger partial charge is 0.294 e. The number of benzene rings is 2. The van der Waals surface area contributed by atoms with Crippen LogP contribution in [0.1, 0.15) is 11.1 Å². The monoisotopic (exact) mass is 528 g/mol. The van der Waals surface area contributed by atoms with Crippen molar-refractivity contribution in [3.63, 3.8) is 0 Å². The summed E-state index contributed by atoms with van der Waals surface area (Å²) < 4.78 is 30.1. The van der Waals surface area contributed by atoms with E-state index in [2.05, 4.69) is 27.2 Å². The van der Waals surface area contributed by atoms with Crippen LogP contribution in [0.4, 0.5) is 0 Å². The van der Waals surface area contributed by atoms with Crippen LogP contribution < -0.4 is 18.9 Å². The molecule has 2 aromatic carbocycles. The molecule has 0 N–H and O–H groups in total. The van der Waals surface area contributed by atoms with Crippen molar-refractivity contribution in [2.24, 2.45) is 0 Å². The molecule has 10 heteroatoms. The molecule has 6 rings (SSSR count). The topological polar surface area (TPSA) is 93.1 Å². The number of nitrogens with zero attached hydrogens (tertiary/aromatic N) is 4. The molecule has 0 saturated heterocycles. The molecule has 0 atom stereocenters. The fraction of sp³-hybridized carbons (Fsp3) is 0.179. The lowest BCUT2D eigenvalue weighted by Gasteiger charge is -2.11. The average molecular weight is 529 g/mol. The number of rotatable bonds is 8. The Morgan fingerprint density at radius 1 is 1.00 bits per heavy atom. The number of hydrogen-bond acceptors (Lipinski definition) is 9. The molecule has 0 fully saturated rings. The van der Waals surface area contributed by atoms with Crippen LogP contribution >= 0.6 is 11.3 Å². The van der Waals surface area contributed by atoms with Gasteiger partial charge in [0.1, 0.15) is 29.4 Å². The second-order valence-electron chi connectivity index (χ2n) is 8.60. The van der Waals surface area contributed by atoms with Gasteiger partial charge in [-0.1, -0.05) is 18.2 Å². The number of furan rings is 1. The highest BCUT2D eigenvalue weighted by Gasteiger charge is 2.17. The Balaban J connectivity index is 1.29. The van der Waals surface area contributed by atoms with E-state index >= 15 is 0 Å². The van der Waals surface area contributed by atoms with Crippen molar-refractivity contribution in [1.82, 2.24) is 19.6 Å². The summed E-state index contributed by atoms with van der Waals surface area (Å²) in [6.07, 6.45) is 3.64. The second-order valence-corrected chi connectivity index (χ2v) is 9.52. The number of aromatic nitrogens is 4. The average Bonchev–Trinajstić information content (AvgIpc) is 3.64. The standard InChI is InChI=1S/C28H24N4O5S/c1-16-8-26(34-3)29-13-21(16)18-7-5-6-17(9-18)15-36-23-10-19(33-2)11-24-20(23)12-25(37-24)22-14-32-27(30-22)38-28(31-32)35-4/h5-14H,15H2,1-4H3. The van der Waals surface area contributed by atoms with Crippen LogP contribution in [0.5, 0.6) is 22.6 Å². The summed E-state index contributed by atoms with van der Waals surface area (Å²) in [5.74, 6) is 2.50. The predicted octanol–water partition coefficient (Wildman–Crippen LogP) is 6.18. The summed E-state index contributed by atoms with van der Waals surface area (Å²) in [5.41, 5.74) is 5.52. The number of aryl methyl sites for hydroxylation is 1. The minimum Gasteiger partial charge on any atom is -0.496 e. The van der Waals surface area contributed by atoms with Crippen LogP contribution in [0.15, 0.2) is 65.3 Å². The maximum Gasteiger partial charge on any atom is 0.294 e. The van der Waals surface area contributed by atoms with Crippen LogP contribution in [0, 0.1) is 6.92 Å². The Kier molecular flexibility index (Phi) is 6.09. The van der Waals surface area contributed by atoms with E-state index in [0.717, 1.165) is 27.6 Å². The van der Waals surface area contributed by atoms with E-state index in [0.29, 0.717) is 51.2 Å². The molecule has 9 nitrogen and oxygen atoms in total. The first-order valence-electron chi connectivity index (χ1n) is 11.8. The quantitative estimate of drug-likeness (QED) is 0.231. The third kappa shape index (κ3) is 4.39. The van der Waals surface area contributed by atoms with Gasteiger partial charge in [-0.3, -0.25) is 0 Å². The van der Waals surface area contributed by atoms with Gasteiger partial charge < -0.3 is 23.4 Å². The Hall–Kier alpha value is -4.57. The van der Waals surface area contributed by atoms with Gasteiger partial charge in [-0.25, -0.2) is 14.5 Å². The summed E-state index contributed by atoms with van der Waals surface area (Å²) >= 11 is 1.36. The van der Waals surface area contributed by atoms with E-state index in [1.54, 1.807) is 25.8 Å². The van der Waals surface area contributed by atoms with E-state index in [9.17, 15) is 0 Å². The van der Waals surface area contributed by atoms with Crippen molar-refractivity contribution in [3.05, 3.63) is 72.1 Å². The zero-order valence-electron chi connectivity index (χ0n) is 21.2. The van der Waals surface area contributed by atoms with Crippen molar-refractivity contribution in [2.75, 3.05) is 21.3 Å². The number of hydrogen-bond donors (Lipinski definition) is 0. The largest absolute Gasteiger partial charge is 0.496 e. The first-order valence-corrected chi connectivity index (χ1v) is 12.6. The summed E-state index contributed by atoms with van der Waals surface area (Å²) in [7, 11) is 4.82. The lowest BCUT2D eigenvalue weighted by Crippen LogP contribution is -1.97. The van der Waals surface area contributed by atoms with Crippen LogP contribution in [-0.2, 0) is 6.61 Å². The lowest BCUT2D eigenvalue weighted by molar-refractivity contribution is 0.307. The van der Waals surface area contributed by atoms with E-state index < -0.39 is 0 Å². The van der Waals surface area contributed by atoms with Gasteiger partial charge in [-0.05, 0) is 47.1 Å². The fourth-order valence-electron chi connectivity index (χ4n) is 4.26. The summed E-state index contributed by atoms with van der Waals surface area (Å²) in [6.45, 7) is 2.41. The molecule has 0 unspecified atom stereocenters. The summed E-state index contributed by atoms with van der Waals surface area (Å²) in [6, 6.07) is 15.8. The molecule has 0 amide bonds. The first-order chi connectivity index (χ1) is 18.5. The normalized spacial score (nSPS) is 11.3. The number of fused-ring (bicyclic) bond motifs is 2. The second kappa shape index (κ2) is 9.71. The minimum absolute atomic E-state index is 0.364. The Morgan fingerprint density at radius 2 is 1.89 bits per heavy atom. The van der Waals surface area contributed by atoms with Crippen molar-refractivity contribution >= 4 is 27.3 Å². The number of ether oxygens (including phenoxy) is 4. The molecule has 0 aliphatic carbocycles. The molecule has 192 valence electrons. The molecular weight excluding hydrogens is 504 g/mol. The van der Waals surface area contributed by atoms with Gasteiger partial charge >= 0.3 is 0 Å². The molecule has 0 aliphatic heterocycles. The number of pyridine rings is 1. The maximum absolute atomic E-state index is 6.30. The first kappa shape index (κ1) is 23.8. The third-order valence-electron chi connectivity index (χ3n) is 6.19. The van der Waals surface area contributed by atoms with Gasteiger partial charge in [-0.15, -0.1) is 5.10 Å². The molecule has 6 aromatic rings. The minimum atomic E-state index is 0.364. The van der Waals surface area contributed by atoms with Crippen molar-refractivity contribution in [1.29, 1.82) is 0 Å². The van der Waals surface area contributed by atoms with Gasteiger partial charge in [0, 0.05) is 30.0 Å². The predicted molar refractivity (Wildman–Crippen MR) is 144 cm³/mol. The fourth-order valence-corrected chi connectivity index (χ4v) is 4.96. The zero-order chi connectivity index (χ0) is 26.2. The molecule has 0 saturated carbocycles. The molecule has 38 heavy (non-hydrogen) atoms. The maximum atomic E-state index is 6.30. The van der Waals surface area contributed by atoms with E-state index in [1.807, 2.05) is 55.7 Å². The molecule has 0 aliphatic rings. The Labute approximate surface area is 222 Å². The zero-order valence-corrected chi connectivity index (χ0v) is 22.0. The van der Waals surface area contributed by atoms with Crippen molar-refractivity contribution in [3.8, 4) is 45.2 Å². The van der Waals surface area contributed by atoms with Crippen molar-refractivity contribution < 1.29 is 23.4 Å². The van der Waals surface area contributed by atoms with Gasteiger partial charge in [-0.2, -0.15) is 0 Å². The molecule has 4 aromatic heterocycles. The number of imidazole rings is 1. The third-order valence-corrected chi connectivity index (χ3v) is 7.07. The summed E-state index contributed by atoms with van der Waals surface area (Å²) in [4.78, 5) is 9.71. The van der Waals surface area contributed by atoms with Crippen LogP contribution in [0.3, 0.4) is 0 Å². The van der Waals surface area contributed by atoms with Crippen LogP contribution in [-0.4, -0.2) is 40.9 Å². The number of methoxy groups -OCH3 is 3. The van der Waals surface area contributed by atoms with Crippen LogP contribution in [0.2, 0.25) is 0 Å². The molecular formula is C28H24N4O5S. The highest BCUT2D eigenvalue weighted by molar-refractivity contribution is 7.18. The molecule has 4 heterocycles. The SMILES string of the molecule is COc1cc(OCc2cccc(-c3cnc(OC)cc3C)c2)c2cc(-c3cn4nc(OC)sc4n3)oc2c1. The van der Waals surface area contributed by atoms with E-state index in [1.165, 1.54) is 11.3 Å².